The van der Waals surface area contributed by atoms with Crippen LogP contribution in [-0.4, -0.2) is 9.97 Å². The molecule has 9 rings (SSSR count). The maximum Gasteiger partial charge on any atom is 0.124 e. The van der Waals surface area contributed by atoms with Crippen molar-refractivity contribution in [3.05, 3.63) is 155 Å². The summed E-state index contributed by atoms with van der Waals surface area (Å²) in [7, 11) is 0. The van der Waals surface area contributed by atoms with Gasteiger partial charge in [-0.3, -0.25) is 0 Å². The molecule has 0 atom stereocenters. The Morgan fingerprint density at radius 3 is 2.06 bits per heavy atom. The Hall–Kier alpha value is -4.37. The summed E-state index contributed by atoms with van der Waals surface area (Å²) in [6, 6.07) is 33.1. The Labute approximate surface area is 345 Å². The molecule has 0 saturated heterocycles. The molecule has 0 amide bonds. The Morgan fingerprint density at radius 1 is 0.679 bits per heavy atom. The zero-order chi connectivity index (χ0) is 46.8. The van der Waals surface area contributed by atoms with Crippen molar-refractivity contribution in [1.29, 1.82) is 0 Å². The minimum Gasteiger partial charge on any atom is -0.500 e. The maximum atomic E-state index is 9.51. The monoisotopic (exact) mass is 885 g/mol. The molecular formula is C49H48IrN2O-2. The smallest absolute Gasteiger partial charge is 0.124 e. The van der Waals surface area contributed by atoms with E-state index in [4.69, 9.17) is 9.90 Å². The zero-order valence-electron chi connectivity index (χ0n) is 42.5. The molecule has 4 heteroatoms. The molecule has 2 aliphatic carbocycles. The molecule has 1 spiro atoms. The van der Waals surface area contributed by atoms with E-state index in [0.29, 0.717) is 33.2 Å². The number of nitrogens with zero attached hydrogens (tertiary/aromatic N) is 2. The molecular weight excluding hydrogens is 825 g/mol. The van der Waals surface area contributed by atoms with Crippen molar-refractivity contribution >= 4 is 21.9 Å². The number of rotatable bonds is 4. The van der Waals surface area contributed by atoms with Crippen molar-refractivity contribution < 1.29 is 41.0 Å². The largest absolute Gasteiger partial charge is 0.500 e. The average molecular weight is 885 g/mol. The molecule has 7 aromatic rings. The van der Waals surface area contributed by atoms with Gasteiger partial charge in [0.1, 0.15) is 5.58 Å². The number of hydrogen-bond acceptors (Lipinski definition) is 3. The molecule has 53 heavy (non-hydrogen) atoms. The van der Waals surface area contributed by atoms with Crippen LogP contribution in [0.2, 0.25) is 0 Å². The van der Waals surface area contributed by atoms with Crippen LogP contribution in [0.25, 0.3) is 44.5 Å². The fourth-order valence-electron chi connectivity index (χ4n) is 6.60. The van der Waals surface area contributed by atoms with Gasteiger partial charge in [-0.15, -0.1) is 54.1 Å². The summed E-state index contributed by atoms with van der Waals surface area (Å²) in [5.74, 6) is 0. The second-order valence-electron chi connectivity index (χ2n) is 15.2. The summed E-state index contributed by atoms with van der Waals surface area (Å²) in [4.78, 5) is 8.83. The Bertz CT molecular complexity index is 2900. The van der Waals surface area contributed by atoms with Crippen LogP contribution in [0.3, 0.4) is 0 Å². The van der Waals surface area contributed by atoms with Gasteiger partial charge in [-0.1, -0.05) is 113 Å². The van der Waals surface area contributed by atoms with E-state index in [0.717, 1.165) is 11.3 Å². The second kappa shape index (κ2) is 14.5. The number of pyridine rings is 2. The van der Waals surface area contributed by atoms with E-state index in [9.17, 15) is 11.0 Å². The molecule has 271 valence electrons. The molecule has 0 aliphatic heterocycles. The third kappa shape index (κ3) is 7.96. The number of furan rings is 1. The number of aromatic nitrogens is 2. The average Bonchev–Trinajstić information content (AvgIpc) is 3.74. The first-order valence-electron chi connectivity index (χ1n) is 23.5. The minimum atomic E-state index is -2.88. The molecule has 0 saturated carbocycles. The van der Waals surface area contributed by atoms with Crippen LogP contribution in [0.1, 0.15) is 91.4 Å². The Balaban J connectivity index is 0.000000265. The van der Waals surface area contributed by atoms with E-state index >= 15 is 0 Å². The predicted molar refractivity (Wildman–Crippen MR) is 214 cm³/mol. The summed E-state index contributed by atoms with van der Waals surface area (Å²) < 4.78 is 115. The van der Waals surface area contributed by atoms with Crippen LogP contribution in [0.5, 0.6) is 0 Å². The Kier molecular flexibility index (Phi) is 6.78. The summed E-state index contributed by atoms with van der Waals surface area (Å²) >= 11 is 0. The van der Waals surface area contributed by atoms with Gasteiger partial charge in [-0.25, -0.2) is 0 Å². The van der Waals surface area contributed by atoms with Gasteiger partial charge in [-0.2, -0.15) is 0 Å². The quantitative estimate of drug-likeness (QED) is 0.165. The van der Waals surface area contributed by atoms with Gasteiger partial charge in [0.15, 0.2) is 0 Å². The first-order valence-corrected chi connectivity index (χ1v) is 17.5. The molecule has 0 bridgehead atoms. The minimum absolute atomic E-state index is 0. The molecule has 3 heterocycles. The van der Waals surface area contributed by atoms with Crippen LogP contribution in [-0.2, 0) is 58.3 Å². The molecule has 0 unspecified atom stereocenters. The van der Waals surface area contributed by atoms with Crippen LogP contribution >= 0.6 is 0 Å². The van der Waals surface area contributed by atoms with E-state index < -0.39 is 54.5 Å². The number of hydrogen-bond donors (Lipinski definition) is 0. The molecule has 2 aliphatic rings. The van der Waals surface area contributed by atoms with Crippen molar-refractivity contribution in [2.24, 2.45) is 16.2 Å². The number of fused-ring (bicyclic) bond motifs is 6. The van der Waals surface area contributed by atoms with Crippen molar-refractivity contribution in [1.82, 2.24) is 9.97 Å². The standard InChI is InChI=1S/C33H30NO.C16H18N.Ir/c1-32(2,3)16-21-13-14-34-29(15-21)27-10-6-9-25-26-12-11-24-19-33(20-28(24)31(26)35-30(25)27)17-22-7-4-5-8-23(22)18-33;1-16(2,3)11-13-9-10-15(17-12-13)14-7-5-4-6-8-14;/h4-9,11-15H,16-20H2,1-3H3;4-7,9-10,12H,11H2,1-3H3;/q2*-1;/i16D2,17D2,18D2,19D2,20D2;11D2;. The van der Waals surface area contributed by atoms with Crippen molar-refractivity contribution in [2.45, 2.75) is 79.8 Å². The summed E-state index contributed by atoms with van der Waals surface area (Å²) in [6.45, 7) is 11.1. The SMILES string of the molecule is [2H]C([2H])(c1ccc(-c2[c-]cccc2)nc1)C(C)(C)C.[2H]C([2H])(c1ccnc(-c2[c-]ccc3c2oc2c4c(ccc23)C([2H])([2H])C2(C([2H])([2H])c3ccccc3C2([2H])[2H])C4([2H])[2H])c1)C(C)(C)C.[Ir]. The third-order valence-corrected chi connectivity index (χ3v) is 8.61. The van der Waals surface area contributed by atoms with Crippen molar-refractivity contribution in [3.63, 3.8) is 0 Å². The van der Waals surface area contributed by atoms with Gasteiger partial charge >= 0.3 is 0 Å². The summed E-state index contributed by atoms with van der Waals surface area (Å²) in [6.07, 6.45) is -11.1. The predicted octanol–water partition coefficient (Wildman–Crippen LogP) is 12.1. The van der Waals surface area contributed by atoms with Gasteiger partial charge < -0.3 is 14.4 Å². The van der Waals surface area contributed by atoms with Crippen molar-refractivity contribution in [3.8, 4) is 22.5 Å². The van der Waals surface area contributed by atoms with E-state index in [-0.39, 0.29) is 53.5 Å². The molecule has 3 aromatic heterocycles. The molecule has 1 radical (unpaired) electrons. The Morgan fingerprint density at radius 2 is 1.38 bits per heavy atom. The summed E-state index contributed by atoms with van der Waals surface area (Å²) in [5, 5.41) is 1.01. The molecule has 3 nitrogen and oxygen atoms in total. The van der Waals surface area contributed by atoms with Crippen LogP contribution < -0.4 is 0 Å². The number of benzene rings is 4. The van der Waals surface area contributed by atoms with E-state index in [1.165, 1.54) is 24.4 Å². The first kappa shape index (κ1) is 24.8. The van der Waals surface area contributed by atoms with Gasteiger partial charge in [0.25, 0.3) is 0 Å². The van der Waals surface area contributed by atoms with Gasteiger partial charge in [0.05, 0.1) is 5.58 Å². The molecule has 4 aromatic carbocycles. The molecule has 0 fully saturated rings. The zero-order valence-corrected chi connectivity index (χ0v) is 32.9. The van der Waals surface area contributed by atoms with Crippen LogP contribution in [0, 0.1) is 28.4 Å². The normalized spacial score (nSPS) is 22.2. The molecule has 0 N–H and O–H groups in total. The third-order valence-electron chi connectivity index (χ3n) is 8.61. The van der Waals surface area contributed by atoms with E-state index in [2.05, 4.69) is 22.1 Å². The van der Waals surface area contributed by atoms with Crippen LogP contribution in [0.15, 0.2) is 114 Å². The van der Waals surface area contributed by atoms with E-state index in [1.54, 1.807) is 48.7 Å². The fraction of sp³-hybridized carbons (Fsp3) is 0.306. The van der Waals surface area contributed by atoms with Crippen molar-refractivity contribution in [2.75, 3.05) is 0 Å². The van der Waals surface area contributed by atoms with E-state index in [1.807, 2.05) is 77.9 Å². The summed E-state index contributed by atoms with van der Waals surface area (Å²) in [5.41, 5.74) is -0.716. The van der Waals surface area contributed by atoms with Gasteiger partial charge in [-0.05, 0) is 99.8 Å². The first-order chi connectivity index (χ1) is 29.6. The maximum absolute atomic E-state index is 9.51. The van der Waals surface area contributed by atoms with Gasteiger partial charge in [0.2, 0.25) is 0 Å². The topological polar surface area (TPSA) is 38.9 Å². The van der Waals surface area contributed by atoms with Crippen LogP contribution in [0.4, 0.5) is 0 Å². The van der Waals surface area contributed by atoms with Gasteiger partial charge in [0, 0.05) is 54.3 Å². The fourth-order valence-corrected chi connectivity index (χ4v) is 6.60. The second-order valence-corrected chi connectivity index (χ2v) is 15.2.